The number of H-pyrrole nitrogens is 1. The number of aromatic amines is 1. The minimum Gasteiger partial charge on any atom is -0.393 e. The molecule has 1 aromatic rings. The van der Waals surface area contributed by atoms with E-state index in [1.807, 2.05) is 12.1 Å². The van der Waals surface area contributed by atoms with Gasteiger partial charge in [0.25, 0.3) is 5.56 Å². The van der Waals surface area contributed by atoms with Crippen LogP contribution < -0.4 is 5.56 Å². The summed E-state index contributed by atoms with van der Waals surface area (Å²) in [5, 5.41) is 28.9. The first-order valence-electron chi connectivity index (χ1n) is 11.8. The average molecular weight is 418 g/mol. The second-order valence-corrected chi connectivity index (χ2v) is 10.9. The van der Waals surface area contributed by atoms with Gasteiger partial charge in [0.2, 0.25) is 0 Å². The summed E-state index contributed by atoms with van der Waals surface area (Å²) >= 11 is 0. The second-order valence-electron chi connectivity index (χ2n) is 10.9. The van der Waals surface area contributed by atoms with Gasteiger partial charge in [-0.2, -0.15) is 10.5 Å². The van der Waals surface area contributed by atoms with Gasteiger partial charge in [-0.25, -0.2) is 0 Å². The monoisotopic (exact) mass is 417 g/mol. The Balaban J connectivity index is 1.49. The van der Waals surface area contributed by atoms with E-state index in [0.717, 1.165) is 50.6 Å². The van der Waals surface area contributed by atoms with Crippen LogP contribution in [0.3, 0.4) is 0 Å². The number of fused-ring (bicyclic) bond motifs is 5. The molecule has 0 aliphatic heterocycles. The molecule has 7 atom stereocenters. The molecule has 0 aromatic carbocycles. The predicted molar refractivity (Wildman–Crippen MR) is 117 cm³/mol. The summed E-state index contributed by atoms with van der Waals surface area (Å²) in [5.41, 5.74) is 2.33. The molecule has 5 nitrogen and oxygen atoms in total. The van der Waals surface area contributed by atoms with Gasteiger partial charge in [0.1, 0.15) is 17.7 Å². The number of nitrogens with zero attached hydrogens (tertiary/aromatic N) is 2. The first-order chi connectivity index (χ1) is 14.8. The number of pyridine rings is 1. The van der Waals surface area contributed by atoms with Crippen molar-refractivity contribution in [2.45, 2.75) is 77.2 Å². The third-order valence-electron chi connectivity index (χ3n) is 9.74. The Morgan fingerprint density at radius 3 is 2.65 bits per heavy atom. The molecule has 0 spiro atoms. The first-order valence-corrected chi connectivity index (χ1v) is 11.8. The molecular formula is C26H31N3O2. The molecule has 1 aromatic heterocycles. The lowest BCUT2D eigenvalue weighted by Gasteiger charge is -2.58. The third-order valence-corrected chi connectivity index (χ3v) is 9.74. The molecule has 3 fully saturated rings. The number of aromatic nitrogens is 1. The van der Waals surface area contributed by atoms with Crippen LogP contribution in [-0.4, -0.2) is 16.2 Å². The third kappa shape index (κ3) is 2.86. The van der Waals surface area contributed by atoms with Crippen molar-refractivity contribution < 1.29 is 5.11 Å². The maximum absolute atomic E-state index is 12.5. The van der Waals surface area contributed by atoms with Crippen LogP contribution in [0, 0.1) is 51.2 Å². The van der Waals surface area contributed by atoms with E-state index in [-0.39, 0.29) is 34.0 Å². The van der Waals surface area contributed by atoms with Crippen molar-refractivity contribution in [2.75, 3.05) is 0 Å². The van der Waals surface area contributed by atoms with E-state index in [0.29, 0.717) is 17.8 Å². The summed E-state index contributed by atoms with van der Waals surface area (Å²) < 4.78 is 0. The van der Waals surface area contributed by atoms with Crippen LogP contribution in [0.15, 0.2) is 22.5 Å². The lowest BCUT2D eigenvalue weighted by atomic mass is 9.47. The summed E-state index contributed by atoms with van der Waals surface area (Å²) in [5.74, 6) is 2.14. The van der Waals surface area contributed by atoms with Crippen molar-refractivity contribution >= 4 is 0 Å². The molecule has 2 N–H and O–H groups in total. The molecule has 0 amide bonds. The Labute approximate surface area is 183 Å². The molecule has 0 bridgehead atoms. The SMILES string of the molecule is C[C@]12CC[C@H]3[C@@H](CC=C4C[C@H](O)CC[C@@]43C)[C@@H]1CC[C@@H]2c1cc(C#N)c(C#N)c(=O)[nH]1. The van der Waals surface area contributed by atoms with E-state index in [9.17, 15) is 20.4 Å². The predicted octanol–water partition coefficient (Wildman–Crippen LogP) is 4.53. The molecule has 31 heavy (non-hydrogen) atoms. The van der Waals surface area contributed by atoms with E-state index in [1.165, 1.54) is 12.0 Å². The Kier molecular flexibility index (Phi) is 4.68. The fraction of sp³-hybridized carbons (Fsp3) is 0.654. The van der Waals surface area contributed by atoms with E-state index in [4.69, 9.17) is 0 Å². The van der Waals surface area contributed by atoms with Gasteiger partial charge in [-0.1, -0.05) is 25.5 Å². The van der Waals surface area contributed by atoms with Gasteiger partial charge in [-0.3, -0.25) is 4.79 Å². The van der Waals surface area contributed by atoms with Crippen LogP contribution in [0.1, 0.15) is 88.0 Å². The molecule has 0 radical (unpaired) electrons. The number of rotatable bonds is 1. The van der Waals surface area contributed by atoms with Crippen LogP contribution in [0.25, 0.3) is 0 Å². The highest BCUT2D eigenvalue weighted by molar-refractivity contribution is 5.45. The van der Waals surface area contributed by atoms with Gasteiger partial charge in [-0.05, 0) is 86.0 Å². The van der Waals surface area contributed by atoms with E-state index in [2.05, 4.69) is 24.9 Å². The van der Waals surface area contributed by atoms with Crippen LogP contribution in [-0.2, 0) is 0 Å². The minimum atomic E-state index is -0.434. The molecule has 4 aliphatic rings. The largest absolute Gasteiger partial charge is 0.393 e. The van der Waals surface area contributed by atoms with Gasteiger partial charge >= 0.3 is 0 Å². The normalized spacial score (nSPS) is 41.2. The zero-order valence-corrected chi connectivity index (χ0v) is 18.4. The zero-order valence-electron chi connectivity index (χ0n) is 18.4. The van der Waals surface area contributed by atoms with Gasteiger partial charge in [-0.15, -0.1) is 0 Å². The highest BCUT2D eigenvalue weighted by Crippen LogP contribution is 2.67. The van der Waals surface area contributed by atoms with Gasteiger partial charge in [0.15, 0.2) is 0 Å². The first kappa shape index (κ1) is 20.5. The van der Waals surface area contributed by atoms with Crippen molar-refractivity contribution in [1.82, 2.24) is 4.98 Å². The van der Waals surface area contributed by atoms with Gasteiger partial charge in [0.05, 0.1) is 11.7 Å². The molecular weight excluding hydrogens is 386 g/mol. The maximum atomic E-state index is 12.5. The number of hydrogen-bond donors (Lipinski definition) is 2. The molecule has 4 aliphatic carbocycles. The average Bonchev–Trinajstić information content (AvgIpc) is 3.10. The summed E-state index contributed by atoms with van der Waals surface area (Å²) in [6.07, 6.45) is 10.7. The van der Waals surface area contributed by atoms with Crippen LogP contribution >= 0.6 is 0 Å². The summed E-state index contributed by atoms with van der Waals surface area (Å²) in [6.45, 7) is 4.83. The fourth-order valence-corrected chi connectivity index (χ4v) is 8.12. The number of nitrogens with one attached hydrogen (secondary N) is 1. The molecule has 5 heteroatoms. The van der Waals surface area contributed by atoms with Crippen molar-refractivity contribution in [3.8, 4) is 12.1 Å². The summed E-state index contributed by atoms with van der Waals surface area (Å²) in [7, 11) is 0. The Morgan fingerprint density at radius 1 is 1.10 bits per heavy atom. The second kappa shape index (κ2) is 7.07. The smallest absolute Gasteiger partial charge is 0.267 e. The maximum Gasteiger partial charge on any atom is 0.267 e. The quantitative estimate of drug-likeness (QED) is 0.656. The number of hydrogen-bond acceptors (Lipinski definition) is 4. The molecule has 162 valence electrons. The Bertz CT molecular complexity index is 1090. The number of aliphatic hydroxyl groups is 1. The van der Waals surface area contributed by atoms with Crippen LogP contribution in [0.5, 0.6) is 0 Å². The number of aliphatic hydroxyl groups excluding tert-OH is 1. The lowest BCUT2D eigenvalue weighted by molar-refractivity contribution is -0.0412. The molecule has 1 heterocycles. The van der Waals surface area contributed by atoms with Crippen LogP contribution in [0.2, 0.25) is 0 Å². The van der Waals surface area contributed by atoms with E-state index in [1.54, 1.807) is 6.07 Å². The summed E-state index contributed by atoms with van der Waals surface area (Å²) in [4.78, 5) is 15.4. The minimum absolute atomic E-state index is 0.0768. The van der Waals surface area contributed by atoms with Crippen molar-refractivity contribution in [1.29, 1.82) is 10.5 Å². The molecule has 5 rings (SSSR count). The highest BCUT2D eigenvalue weighted by Gasteiger charge is 2.58. The molecule has 0 saturated heterocycles. The van der Waals surface area contributed by atoms with E-state index >= 15 is 0 Å². The zero-order chi connectivity index (χ0) is 22.0. The molecule has 0 unspecified atom stereocenters. The van der Waals surface area contributed by atoms with Crippen molar-refractivity contribution in [3.05, 3.63) is 44.9 Å². The lowest BCUT2D eigenvalue weighted by Crippen LogP contribution is -2.50. The van der Waals surface area contributed by atoms with Crippen molar-refractivity contribution in [2.24, 2.45) is 28.6 Å². The van der Waals surface area contributed by atoms with Gasteiger partial charge < -0.3 is 10.1 Å². The summed E-state index contributed by atoms with van der Waals surface area (Å²) in [6, 6.07) is 5.69. The number of allylic oxidation sites excluding steroid dienone is 1. The standard InChI is InChI=1S/C26H31N3O2/c1-25-9-7-17(30)12-16(25)3-4-18-20-5-6-22(26(20,2)10-8-21(18)25)23-11-15(13-27)19(14-28)24(31)29-23/h3,11,17-18,20-22,30H,4-10,12H2,1-2H3,(H,29,31)/t17-,18+,20+,21+,22-,25+,26+/m1/s1. The van der Waals surface area contributed by atoms with E-state index < -0.39 is 5.56 Å². The highest BCUT2D eigenvalue weighted by atomic mass is 16.3. The Morgan fingerprint density at radius 2 is 1.90 bits per heavy atom. The number of nitriles is 2. The Hall–Kier alpha value is -2.37. The fourth-order valence-electron chi connectivity index (χ4n) is 8.12. The van der Waals surface area contributed by atoms with Gasteiger partial charge in [0, 0.05) is 11.6 Å². The topological polar surface area (TPSA) is 101 Å². The molecule has 3 saturated carbocycles. The van der Waals surface area contributed by atoms with Crippen molar-refractivity contribution in [3.63, 3.8) is 0 Å². The van der Waals surface area contributed by atoms with Crippen LogP contribution in [0.4, 0.5) is 0 Å².